The molecule has 3 N–H and O–H groups in total. The minimum Gasteiger partial charge on any atom is -0.461 e. The van der Waals surface area contributed by atoms with E-state index in [9.17, 15) is 4.79 Å². The summed E-state index contributed by atoms with van der Waals surface area (Å²) in [6.45, 7) is 2.58. The summed E-state index contributed by atoms with van der Waals surface area (Å²) < 4.78 is 6.58. The number of hydrogen-bond donors (Lipinski definition) is 2. The van der Waals surface area contributed by atoms with Crippen molar-refractivity contribution < 1.29 is 9.21 Å². The predicted octanol–water partition coefficient (Wildman–Crippen LogP) is 4.35. The van der Waals surface area contributed by atoms with Crippen molar-refractivity contribution in [2.24, 2.45) is 0 Å². The molecule has 3 rings (SSSR count). The van der Waals surface area contributed by atoms with Crippen LogP contribution in [0.1, 0.15) is 31.2 Å². The Kier molecular flexibility index (Phi) is 7.46. The maximum absolute atomic E-state index is 12.3. The van der Waals surface area contributed by atoms with Crippen LogP contribution in [-0.2, 0) is 4.79 Å². The largest absolute Gasteiger partial charge is 0.461 e. The Balaban J connectivity index is 1.56. The van der Waals surface area contributed by atoms with Crippen molar-refractivity contribution in [3.63, 3.8) is 0 Å². The minimum absolute atomic E-state index is 0.113. The molecule has 0 fully saturated rings. The molecule has 0 aliphatic carbocycles. The summed E-state index contributed by atoms with van der Waals surface area (Å²) in [4.78, 5) is 12.3. The van der Waals surface area contributed by atoms with Crippen molar-refractivity contribution in [3.05, 3.63) is 52.2 Å². The second-order valence-electron chi connectivity index (χ2n) is 6.40. The molecule has 1 aromatic carbocycles. The fourth-order valence-corrected chi connectivity index (χ4v) is 4.17. The number of carbonyl (C=O) groups excluding carboxylic acids is 1. The van der Waals surface area contributed by atoms with Crippen molar-refractivity contribution in [3.8, 4) is 11.6 Å². The van der Waals surface area contributed by atoms with E-state index in [4.69, 9.17) is 33.5 Å². The number of nitrogens with one attached hydrogen (secondary N) is 1. The molecule has 2 aromatic heterocycles. The third-order valence-electron chi connectivity index (χ3n) is 4.32. The highest BCUT2D eigenvalue weighted by atomic mass is 35.5. The van der Waals surface area contributed by atoms with Crippen LogP contribution in [0, 0.1) is 0 Å². The van der Waals surface area contributed by atoms with E-state index in [0.29, 0.717) is 33.3 Å². The standard InChI is InChI=1S/C19H21Cl2N5O2S/c1-2-4-12(14-7-6-13(20)9-15(14)21)10-23-17(27)11-29-19-25-24-18(26(19)22)16-5-3-8-28-16/h3,5-9,12H,2,4,10-11,22H2,1H3,(H,23,27)/t12-/m1/s1. The Morgan fingerprint density at radius 1 is 1.34 bits per heavy atom. The maximum atomic E-state index is 12.3. The topological polar surface area (TPSA) is 99.0 Å². The van der Waals surface area contributed by atoms with Crippen LogP contribution >= 0.6 is 35.0 Å². The van der Waals surface area contributed by atoms with Gasteiger partial charge < -0.3 is 15.6 Å². The zero-order valence-corrected chi connectivity index (χ0v) is 18.1. The van der Waals surface area contributed by atoms with Crippen molar-refractivity contribution in [2.75, 3.05) is 18.1 Å². The molecule has 7 nitrogen and oxygen atoms in total. The van der Waals surface area contributed by atoms with Crippen LogP contribution in [0.3, 0.4) is 0 Å². The molecule has 1 amide bonds. The van der Waals surface area contributed by atoms with Gasteiger partial charge in [0, 0.05) is 22.5 Å². The molecule has 0 unspecified atom stereocenters. The van der Waals surface area contributed by atoms with Crippen LogP contribution in [0.5, 0.6) is 0 Å². The molecule has 29 heavy (non-hydrogen) atoms. The third kappa shape index (κ3) is 5.46. The van der Waals surface area contributed by atoms with E-state index >= 15 is 0 Å². The maximum Gasteiger partial charge on any atom is 0.230 e. The van der Waals surface area contributed by atoms with Crippen molar-refractivity contribution >= 4 is 40.9 Å². The van der Waals surface area contributed by atoms with Gasteiger partial charge in [-0.25, -0.2) is 4.68 Å². The van der Waals surface area contributed by atoms with E-state index in [1.165, 1.54) is 22.7 Å². The number of thioether (sulfide) groups is 1. The number of amides is 1. The van der Waals surface area contributed by atoms with Gasteiger partial charge in [-0.3, -0.25) is 4.79 Å². The number of carbonyl (C=O) groups is 1. The lowest BCUT2D eigenvalue weighted by molar-refractivity contribution is -0.118. The fraction of sp³-hybridized carbons (Fsp3) is 0.316. The SMILES string of the molecule is CCC[C@H](CNC(=O)CSc1nnc(-c2ccco2)n1N)c1ccc(Cl)cc1Cl. The monoisotopic (exact) mass is 453 g/mol. The second kappa shape index (κ2) is 10.0. The lowest BCUT2D eigenvalue weighted by atomic mass is 9.94. The number of aromatic nitrogens is 3. The first-order valence-corrected chi connectivity index (χ1v) is 10.8. The first kappa shape index (κ1) is 21.5. The summed E-state index contributed by atoms with van der Waals surface area (Å²) in [5, 5.41) is 12.6. The molecule has 0 radical (unpaired) electrons. The molecule has 0 aliphatic heterocycles. The van der Waals surface area contributed by atoms with Gasteiger partial charge in [-0.1, -0.05) is 54.4 Å². The molecule has 0 saturated carbocycles. The number of halogens is 2. The Labute approximate surface area is 182 Å². The number of furan rings is 1. The van der Waals surface area contributed by atoms with Gasteiger partial charge in [0.25, 0.3) is 0 Å². The number of nitrogens with zero attached hydrogens (tertiary/aromatic N) is 3. The highest BCUT2D eigenvalue weighted by molar-refractivity contribution is 7.99. The highest BCUT2D eigenvalue weighted by Crippen LogP contribution is 2.30. The summed E-state index contributed by atoms with van der Waals surface area (Å²) in [7, 11) is 0. The Morgan fingerprint density at radius 2 is 2.17 bits per heavy atom. The van der Waals surface area contributed by atoms with E-state index in [1.807, 2.05) is 12.1 Å². The number of rotatable bonds is 9. The third-order valence-corrected chi connectivity index (χ3v) is 5.83. The molecule has 1 atom stereocenters. The van der Waals surface area contributed by atoms with Gasteiger partial charge in [-0.15, -0.1) is 10.2 Å². The molecular weight excluding hydrogens is 433 g/mol. The van der Waals surface area contributed by atoms with Crippen LogP contribution in [-0.4, -0.2) is 33.1 Å². The molecule has 3 aromatic rings. The highest BCUT2D eigenvalue weighted by Gasteiger charge is 2.18. The molecule has 2 heterocycles. The van der Waals surface area contributed by atoms with Crippen molar-refractivity contribution in [1.82, 2.24) is 20.2 Å². The summed E-state index contributed by atoms with van der Waals surface area (Å²) in [6, 6.07) is 8.93. The number of nitrogens with two attached hydrogens (primary N) is 1. The van der Waals surface area contributed by atoms with Crippen LogP contribution in [0.2, 0.25) is 10.0 Å². The van der Waals surface area contributed by atoms with Crippen molar-refractivity contribution in [2.45, 2.75) is 30.8 Å². The van der Waals surface area contributed by atoms with Gasteiger partial charge in [0.2, 0.25) is 16.9 Å². The number of benzene rings is 1. The lowest BCUT2D eigenvalue weighted by Crippen LogP contribution is -2.30. The van der Waals surface area contributed by atoms with E-state index in [-0.39, 0.29) is 17.6 Å². The summed E-state index contributed by atoms with van der Waals surface area (Å²) >= 11 is 13.5. The number of nitrogen functional groups attached to an aromatic ring is 1. The Bertz CT molecular complexity index is 962. The van der Waals surface area contributed by atoms with Crippen LogP contribution < -0.4 is 11.2 Å². The molecule has 154 valence electrons. The Morgan fingerprint density at radius 3 is 2.86 bits per heavy atom. The van der Waals surface area contributed by atoms with E-state index in [2.05, 4.69) is 22.4 Å². The average molecular weight is 454 g/mol. The zero-order valence-electron chi connectivity index (χ0n) is 15.8. The fourth-order valence-electron chi connectivity index (χ4n) is 2.92. The van der Waals surface area contributed by atoms with E-state index in [1.54, 1.807) is 18.2 Å². The van der Waals surface area contributed by atoms with Gasteiger partial charge >= 0.3 is 0 Å². The summed E-state index contributed by atoms with van der Waals surface area (Å²) in [5.41, 5.74) is 0.982. The summed E-state index contributed by atoms with van der Waals surface area (Å²) in [5.74, 6) is 7.07. The zero-order chi connectivity index (χ0) is 20.8. The minimum atomic E-state index is -0.122. The lowest BCUT2D eigenvalue weighted by Gasteiger charge is -2.19. The van der Waals surface area contributed by atoms with Crippen LogP contribution in [0.25, 0.3) is 11.6 Å². The predicted molar refractivity (Wildman–Crippen MR) is 116 cm³/mol. The van der Waals surface area contributed by atoms with Crippen LogP contribution in [0.4, 0.5) is 0 Å². The van der Waals surface area contributed by atoms with Gasteiger partial charge in [0.15, 0.2) is 5.76 Å². The van der Waals surface area contributed by atoms with Gasteiger partial charge in [0.1, 0.15) is 0 Å². The van der Waals surface area contributed by atoms with Crippen molar-refractivity contribution in [1.29, 1.82) is 0 Å². The molecule has 0 aliphatic rings. The smallest absolute Gasteiger partial charge is 0.230 e. The van der Waals surface area contributed by atoms with Gasteiger partial charge in [-0.05, 0) is 36.2 Å². The average Bonchev–Trinajstić information content (AvgIpc) is 3.33. The molecular formula is C19H21Cl2N5O2S. The van der Waals surface area contributed by atoms with Gasteiger partial charge in [0.05, 0.1) is 12.0 Å². The van der Waals surface area contributed by atoms with Gasteiger partial charge in [-0.2, -0.15) is 0 Å². The van der Waals surface area contributed by atoms with Crippen LogP contribution in [0.15, 0.2) is 46.2 Å². The normalized spacial score (nSPS) is 12.1. The number of hydrogen-bond acceptors (Lipinski definition) is 6. The Hall–Kier alpha value is -2.16. The molecule has 0 bridgehead atoms. The first-order valence-electron chi connectivity index (χ1n) is 9.08. The quantitative estimate of drug-likeness (QED) is 0.369. The molecule has 0 spiro atoms. The van der Waals surface area contributed by atoms with E-state index < -0.39 is 0 Å². The molecule has 10 heteroatoms. The van der Waals surface area contributed by atoms with E-state index in [0.717, 1.165) is 18.4 Å². The summed E-state index contributed by atoms with van der Waals surface area (Å²) in [6.07, 6.45) is 3.41. The first-order chi connectivity index (χ1) is 14.0. The molecule has 0 saturated heterocycles. The second-order valence-corrected chi connectivity index (χ2v) is 8.18.